The summed E-state index contributed by atoms with van der Waals surface area (Å²) in [6.07, 6.45) is 5.65. The molecular weight excluding hydrogens is 298 g/mol. The highest BCUT2D eigenvalue weighted by Gasteiger charge is 2.40. The van der Waals surface area contributed by atoms with Crippen molar-refractivity contribution in [1.82, 2.24) is 0 Å². The maximum Gasteiger partial charge on any atom is 0.307 e. The summed E-state index contributed by atoms with van der Waals surface area (Å²) in [5, 5.41) is 29.6. The number of hydrogen-bond donors (Lipinski definition) is 3. The van der Waals surface area contributed by atoms with Gasteiger partial charge in [-0.15, -0.1) is 0 Å². The third kappa shape index (κ3) is 10.1. The molecule has 6 heteroatoms. The number of aliphatic hydroxyl groups is 2. The Hall–Kier alpha value is -1.40. The molecule has 0 heterocycles. The van der Waals surface area contributed by atoms with Gasteiger partial charge in [-0.2, -0.15) is 0 Å². The van der Waals surface area contributed by atoms with Gasteiger partial charge in [0.2, 0.25) is 0 Å². The lowest BCUT2D eigenvalue weighted by molar-refractivity contribution is -0.876. The number of aliphatic hydroxyl groups excluding tert-OH is 1. The van der Waals surface area contributed by atoms with Gasteiger partial charge in [-0.05, 0) is 6.42 Å². The van der Waals surface area contributed by atoms with E-state index in [1.54, 1.807) is 21.1 Å². The second-order valence-corrected chi connectivity index (χ2v) is 7.21. The third-order valence-electron chi connectivity index (χ3n) is 3.48. The van der Waals surface area contributed by atoms with Gasteiger partial charge in [0.1, 0.15) is 12.3 Å². The van der Waals surface area contributed by atoms with Crippen LogP contribution in [0, 0.1) is 0 Å². The van der Waals surface area contributed by atoms with Gasteiger partial charge in [0, 0.05) is 12.5 Å². The molecule has 0 fully saturated rings. The van der Waals surface area contributed by atoms with Crippen LogP contribution in [0.3, 0.4) is 0 Å². The van der Waals surface area contributed by atoms with E-state index in [1.165, 1.54) is 0 Å². The zero-order chi connectivity index (χ0) is 18.1. The van der Waals surface area contributed by atoms with E-state index in [0.29, 0.717) is 6.42 Å². The zero-order valence-corrected chi connectivity index (χ0v) is 14.8. The number of quaternary nitrogens is 1. The van der Waals surface area contributed by atoms with Crippen molar-refractivity contribution in [1.29, 1.82) is 0 Å². The molecule has 0 radical (unpaired) electrons. The predicted molar refractivity (Wildman–Crippen MR) is 89.2 cm³/mol. The van der Waals surface area contributed by atoms with Crippen molar-refractivity contribution < 1.29 is 29.4 Å². The van der Waals surface area contributed by atoms with Gasteiger partial charge in [-0.3, -0.25) is 9.59 Å². The van der Waals surface area contributed by atoms with E-state index >= 15 is 0 Å². The Bertz CT molecular complexity index is 425. The van der Waals surface area contributed by atoms with Crippen LogP contribution in [0.5, 0.6) is 0 Å². The monoisotopic (exact) mass is 330 g/mol. The standard InChI is InChI=1S/C17H31NO5/c1-5-6-7-8-9-10-14(19)11-15(20)17(23,12-16(21)22)13-18(2,3)4/h11,23H,5-10,12-13H2,1-4H3,(H-,19,20,21,22)/p+1. The van der Waals surface area contributed by atoms with Crippen molar-refractivity contribution in [2.75, 3.05) is 27.7 Å². The molecule has 134 valence electrons. The van der Waals surface area contributed by atoms with Crippen molar-refractivity contribution in [3.05, 3.63) is 11.8 Å². The van der Waals surface area contributed by atoms with Gasteiger partial charge in [-0.1, -0.05) is 32.6 Å². The van der Waals surface area contributed by atoms with Crippen LogP contribution in [0.25, 0.3) is 0 Å². The first-order valence-electron chi connectivity index (χ1n) is 8.19. The number of likely N-dealkylation sites (N-methyl/N-ethyl adjacent to an activating group) is 1. The van der Waals surface area contributed by atoms with Crippen molar-refractivity contribution in [3.63, 3.8) is 0 Å². The van der Waals surface area contributed by atoms with E-state index in [2.05, 4.69) is 6.92 Å². The Balaban J connectivity index is 4.82. The fraction of sp³-hybridized carbons (Fsp3) is 0.765. The summed E-state index contributed by atoms with van der Waals surface area (Å²) in [5.74, 6) is -2.08. The lowest BCUT2D eigenvalue weighted by Gasteiger charge is -2.34. The third-order valence-corrected chi connectivity index (χ3v) is 3.48. The quantitative estimate of drug-likeness (QED) is 0.221. The fourth-order valence-electron chi connectivity index (χ4n) is 2.52. The molecule has 0 aromatic heterocycles. The van der Waals surface area contributed by atoms with Gasteiger partial charge in [-0.25, -0.2) is 0 Å². The van der Waals surface area contributed by atoms with E-state index in [4.69, 9.17) is 5.11 Å². The Kier molecular flexibility index (Phi) is 9.09. The normalized spacial score (nSPS) is 15.3. The number of carboxylic acid groups (broad SMARTS) is 1. The molecule has 1 unspecified atom stereocenters. The summed E-state index contributed by atoms with van der Waals surface area (Å²) >= 11 is 0. The number of carboxylic acids is 1. The van der Waals surface area contributed by atoms with Crippen LogP contribution in [0.15, 0.2) is 11.8 Å². The molecule has 0 spiro atoms. The molecule has 1 atom stereocenters. The number of unbranched alkanes of at least 4 members (excludes halogenated alkanes) is 4. The number of allylic oxidation sites excluding steroid dienone is 1. The molecule has 0 aromatic rings. The van der Waals surface area contributed by atoms with Gasteiger partial charge in [0.05, 0.1) is 27.6 Å². The summed E-state index contributed by atoms with van der Waals surface area (Å²) in [4.78, 5) is 22.9. The van der Waals surface area contributed by atoms with Crippen molar-refractivity contribution in [3.8, 4) is 0 Å². The van der Waals surface area contributed by atoms with Crippen LogP contribution in [-0.4, -0.2) is 64.8 Å². The topological polar surface area (TPSA) is 94.8 Å². The van der Waals surface area contributed by atoms with E-state index in [1.807, 2.05) is 0 Å². The van der Waals surface area contributed by atoms with Crippen LogP contribution in [-0.2, 0) is 9.59 Å². The molecule has 0 saturated heterocycles. The molecule has 3 N–H and O–H groups in total. The molecular formula is C17H32NO5+. The second-order valence-electron chi connectivity index (χ2n) is 7.21. The Morgan fingerprint density at radius 3 is 2.09 bits per heavy atom. The SMILES string of the molecule is CCCCCCCC(=O)/C=C(\O)C(O)(CC(=O)O)C[N+](C)(C)C. The summed E-state index contributed by atoms with van der Waals surface area (Å²) in [5.41, 5.74) is -1.94. The molecule has 0 aromatic carbocycles. The van der Waals surface area contributed by atoms with Crippen LogP contribution in [0.4, 0.5) is 0 Å². The number of carbonyl (C=O) groups excluding carboxylic acids is 1. The maximum absolute atomic E-state index is 11.9. The van der Waals surface area contributed by atoms with Gasteiger partial charge >= 0.3 is 5.97 Å². The van der Waals surface area contributed by atoms with E-state index < -0.39 is 23.8 Å². The van der Waals surface area contributed by atoms with E-state index in [9.17, 15) is 19.8 Å². The summed E-state index contributed by atoms with van der Waals surface area (Å²) in [6, 6.07) is 0. The average Bonchev–Trinajstić information content (AvgIpc) is 2.35. The molecule has 0 bridgehead atoms. The minimum atomic E-state index is -1.94. The van der Waals surface area contributed by atoms with Crippen molar-refractivity contribution >= 4 is 11.8 Å². The van der Waals surface area contributed by atoms with Crippen LogP contribution in [0.2, 0.25) is 0 Å². The van der Waals surface area contributed by atoms with Crippen LogP contribution < -0.4 is 0 Å². The minimum Gasteiger partial charge on any atom is -0.509 e. The molecule has 0 rings (SSSR count). The minimum absolute atomic E-state index is 0.00852. The Labute approximate surface area is 139 Å². The molecule has 0 aliphatic carbocycles. The number of rotatable bonds is 12. The molecule has 0 aliphatic heterocycles. The lowest BCUT2D eigenvalue weighted by Crippen LogP contribution is -2.51. The zero-order valence-electron chi connectivity index (χ0n) is 14.8. The molecule has 6 nitrogen and oxygen atoms in total. The fourth-order valence-corrected chi connectivity index (χ4v) is 2.52. The van der Waals surface area contributed by atoms with Gasteiger partial charge < -0.3 is 19.8 Å². The maximum atomic E-state index is 11.9. The van der Waals surface area contributed by atoms with Crippen LogP contribution in [0.1, 0.15) is 51.9 Å². The average molecular weight is 330 g/mol. The number of aliphatic carboxylic acids is 1. The first kappa shape index (κ1) is 21.6. The Morgan fingerprint density at radius 1 is 1.04 bits per heavy atom. The first-order valence-corrected chi connectivity index (χ1v) is 8.19. The molecule has 0 saturated carbocycles. The highest BCUT2D eigenvalue weighted by Crippen LogP contribution is 2.22. The second kappa shape index (κ2) is 9.67. The lowest BCUT2D eigenvalue weighted by atomic mass is 9.94. The molecule has 0 aliphatic rings. The highest BCUT2D eigenvalue weighted by atomic mass is 16.4. The molecule has 23 heavy (non-hydrogen) atoms. The number of hydrogen-bond acceptors (Lipinski definition) is 4. The van der Waals surface area contributed by atoms with Gasteiger partial charge in [0.15, 0.2) is 11.4 Å². The number of carbonyl (C=O) groups is 2. The summed E-state index contributed by atoms with van der Waals surface area (Å²) < 4.78 is 0.257. The highest BCUT2D eigenvalue weighted by molar-refractivity contribution is 5.90. The number of ketones is 1. The van der Waals surface area contributed by atoms with Gasteiger partial charge in [0.25, 0.3) is 0 Å². The summed E-state index contributed by atoms with van der Waals surface area (Å²) in [7, 11) is 5.32. The Morgan fingerprint density at radius 2 is 1.61 bits per heavy atom. The van der Waals surface area contributed by atoms with E-state index in [0.717, 1.165) is 38.2 Å². The molecule has 0 amide bonds. The number of nitrogens with zero attached hydrogens (tertiary/aromatic N) is 1. The smallest absolute Gasteiger partial charge is 0.307 e. The van der Waals surface area contributed by atoms with Crippen molar-refractivity contribution in [2.45, 2.75) is 57.5 Å². The van der Waals surface area contributed by atoms with Crippen LogP contribution >= 0.6 is 0 Å². The summed E-state index contributed by atoms with van der Waals surface area (Å²) in [6.45, 7) is 2.11. The predicted octanol–water partition coefficient (Wildman–Crippen LogP) is 2.27. The largest absolute Gasteiger partial charge is 0.509 e. The van der Waals surface area contributed by atoms with Crippen molar-refractivity contribution in [2.24, 2.45) is 0 Å². The van der Waals surface area contributed by atoms with E-state index in [-0.39, 0.29) is 16.8 Å². The first-order chi connectivity index (χ1) is 10.5.